The van der Waals surface area contributed by atoms with Crippen molar-refractivity contribution in [3.8, 4) is 5.75 Å². The van der Waals surface area contributed by atoms with Crippen LogP contribution in [0.25, 0.3) is 0 Å². The van der Waals surface area contributed by atoms with E-state index in [-0.39, 0.29) is 23.4 Å². The Morgan fingerprint density at radius 2 is 1.88 bits per heavy atom. The predicted octanol–water partition coefficient (Wildman–Crippen LogP) is 1.95. The Labute approximate surface area is 196 Å². The standard InChI is InChI=1S/C22H20ClF2N3O6/c1-34-16-7-6-12(18(24)19(16)25)10-28-17(29)9-15(27-28)21(31)26-14(20(30)22(32)33)8-11-4-2-3-5-13(11)23/h2-7,9,14,20,27,30H,8,10H2,1H3,(H,26,31)(H,32,33)/t14-,20-/m1/s1. The first-order valence-corrected chi connectivity index (χ1v) is 10.3. The number of aliphatic hydroxyl groups excluding tert-OH is 1. The summed E-state index contributed by atoms with van der Waals surface area (Å²) in [5, 5.41) is 24.4. The van der Waals surface area contributed by atoms with E-state index < -0.39 is 47.8 Å². The van der Waals surface area contributed by atoms with Crippen molar-refractivity contribution in [2.45, 2.75) is 25.1 Å². The van der Waals surface area contributed by atoms with Crippen LogP contribution in [0.4, 0.5) is 8.78 Å². The van der Waals surface area contributed by atoms with Crippen LogP contribution < -0.4 is 15.6 Å². The van der Waals surface area contributed by atoms with Crippen molar-refractivity contribution in [3.05, 3.63) is 86.3 Å². The average Bonchev–Trinajstić information content (AvgIpc) is 3.17. The van der Waals surface area contributed by atoms with Crippen LogP contribution in [0, 0.1) is 11.6 Å². The molecule has 3 rings (SSSR count). The number of hydrogen-bond donors (Lipinski definition) is 4. The number of amides is 1. The lowest BCUT2D eigenvalue weighted by atomic mass is 10.0. The number of carboxylic acids is 1. The number of aromatic nitrogens is 2. The predicted molar refractivity (Wildman–Crippen MR) is 117 cm³/mol. The van der Waals surface area contributed by atoms with Crippen LogP contribution in [0.2, 0.25) is 5.02 Å². The largest absolute Gasteiger partial charge is 0.494 e. The molecule has 2 aromatic carbocycles. The number of halogens is 3. The Bertz CT molecular complexity index is 1280. The van der Waals surface area contributed by atoms with Gasteiger partial charge in [0.15, 0.2) is 17.7 Å². The van der Waals surface area contributed by atoms with Gasteiger partial charge >= 0.3 is 5.97 Å². The van der Waals surface area contributed by atoms with E-state index in [9.17, 15) is 33.4 Å². The van der Waals surface area contributed by atoms with E-state index in [1.807, 2.05) is 0 Å². The van der Waals surface area contributed by atoms with E-state index in [1.54, 1.807) is 24.3 Å². The maximum Gasteiger partial charge on any atom is 0.334 e. The first kappa shape index (κ1) is 24.9. The molecule has 0 aliphatic heterocycles. The fourth-order valence-corrected chi connectivity index (χ4v) is 3.46. The number of H-pyrrole nitrogens is 1. The van der Waals surface area contributed by atoms with Crippen molar-refractivity contribution in [2.75, 3.05) is 7.11 Å². The van der Waals surface area contributed by atoms with Crippen LogP contribution in [0.15, 0.2) is 47.3 Å². The normalized spacial score (nSPS) is 12.7. The molecule has 12 heteroatoms. The van der Waals surface area contributed by atoms with Crippen LogP contribution in [-0.4, -0.2) is 51.1 Å². The van der Waals surface area contributed by atoms with Gasteiger partial charge in [-0.15, -0.1) is 0 Å². The maximum atomic E-state index is 14.3. The Hall–Kier alpha value is -3.70. The molecule has 34 heavy (non-hydrogen) atoms. The van der Waals surface area contributed by atoms with E-state index in [0.29, 0.717) is 10.6 Å². The molecule has 1 heterocycles. The molecule has 0 aliphatic rings. The summed E-state index contributed by atoms with van der Waals surface area (Å²) >= 11 is 6.09. The van der Waals surface area contributed by atoms with Crippen molar-refractivity contribution >= 4 is 23.5 Å². The minimum absolute atomic E-state index is 0.111. The van der Waals surface area contributed by atoms with Gasteiger partial charge in [-0.05, 0) is 24.1 Å². The second kappa shape index (κ2) is 10.5. The zero-order valence-corrected chi connectivity index (χ0v) is 18.5. The Morgan fingerprint density at radius 3 is 2.53 bits per heavy atom. The number of aliphatic hydroxyl groups is 1. The van der Waals surface area contributed by atoms with Gasteiger partial charge in [0.25, 0.3) is 11.5 Å². The number of nitrogens with zero attached hydrogens (tertiary/aromatic N) is 1. The molecular formula is C22H20ClF2N3O6. The molecule has 1 aromatic heterocycles. The van der Waals surface area contributed by atoms with Gasteiger partial charge in [0.1, 0.15) is 5.69 Å². The topological polar surface area (TPSA) is 134 Å². The van der Waals surface area contributed by atoms with E-state index in [0.717, 1.165) is 10.7 Å². The van der Waals surface area contributed by atoms with Crippen molar-refractivity contribution in [3.63, 3.8) is 0 Å². The zero-order chi connectivity index (χ0) is 25.0. The molecule has 0 spiro atoms. The van der Waals surface area contributed by atoms with Gasteiger partial charge in [-0.1, -0.05) is 35.9 Å². The van der Waals surface area contributed by atoms with Gasteiger partial charge < -0.3 is 20.3 Å². The molecule has 4 N–H and O–H groups in total. The maximum absolute atomic E-state index is 14.3. The number of hydrogen-bond acceptors (Lipinski definition) is 5. The van der Waals surface area contributed by atoms with Gasteiger partial charge in [-0.25, -0.2) is 13.9 Å². The Balaban J connectivity index is 1.82. The van der Waals surface area contributed by atoms with Crippen LogP contribution in [0.1, 0.15) is 21.6 Å². The highest BCUT2D eigenvalue weighted by atomic mass is 35.5. The minimum atomic E-state index is -1.97. The molecule has 0 bridgehead atoms. The van der Waals surface area contributed by atoms with E-state index >= 15 is 0 Å². The molecule has 2 atom stereocenters. The minimum Gasteiger partial charge on any atom is -0.494 e. The van der Waals surface area contributed by atoms with Gasteiger partial charge in [0, 0.05) is 16.7 Å². The van der Waals surface area contributed by atoms with E-state index in [1.165, 1.54) is 19.2 Å². The fraction of sp³-hybridized carbons (Fsp3) is 0.227. The Morgan fingerprint density at radius 1 is 1.18 bits per heavy atom. The quantitative estimate of drug-likeness (QED) is 0.358. The molecule has 0 fully saturated rings. The number of rotatable bonds is 9. The fourth-order valence-electron chi connectivity index (χ4n) is 3.25. The summed E-state index contributed by atoms with van der Waals surface area (Å²) in [4.78, 5) is 36.3. The summed E-state index contributed by atoms with van der Waals surface area (Å²) < 4.78 is 33.8. The van der Waals surface area contributed by atoms with Crippen molar-refractivity contribution in [1.82, 2.24) is 15.1 Å². The molecule has 0 saturated carbocycles. The Kier molecular flexibility index (Phi) is 7.69. The smallest absolute Gasteiger partial charge is 0.334 e. The summed E-state index contributed by atoms with van der Waals surface area (Å²) in [5.41, 5.74) is -0.687. The number of benzene rings is 2. The van der Waals surface area contributed by atoms with E-state index in [2.05, 4.69) is 10.4 Å². The summed E-state index contributed by atoms with van der Waals surface area (Å²) in [6, 6.07) is 8.55. The lowest BCUT2D eigenvalue weighted by molar-refractivity contribution is -0.148. The third-order valence-corrected chi connectivity index (χ3v) is 5.43. The molecular weight excluding hydrogens is 476 g/mol. The van der Waals surface area contributed by atoms with Gasteiger partial charge in [-0.3, -0.25) is 14.7 Å². The zero-order valence-electron chi connectivity index (χ0n) is 17.7. The number of methoxy groups -OCH3 is 1. The number of carbonyl (C=O) groups excluding carboxylic acids is 1. The van der Waals surface area contributed by atoms with E-state index in [4.69, 9.17) is 16.3 Å². The highest BCUT2D eigenvalue weighted by molar-refractivity contribution is 6.31. The van der Waals surface area contributed by atoms with Crippen LogP contribution >= 0.6 is 11.6 Å². The third kappa shape index (κ3) is 5.43. The molecule has 0 saturated heterocycles. The van der Waals surface area contributed by atoms with Crippen molar-refractivity contribution < 1.29 is 33.3 Å². The molecule has 180 valence electrons. The summed E-state index contributed by atoms with van der Waals surface area (Å²) in [7, 11) is 1.18. The molecule has 3 aromatic rings. The first-order chi connectivity index (χ1) is 16.1. The number of nitrogens with one attached hydrogen (secondary N) is 2. The molecule has 0 unspecified atom stereocenters. The summed E-state index contributed by atoms with van der Waals surface area (Å²) in [6.45, 7) is -0.417. The monoisotopic (exact) mass is 495 g/mol. The first-order valence-electron chi connectivity index (χ1n) is 9.88. The molecule has 1 amide bonds. The molecule has 0 aliphatic carbocycles. The number of carbonyl (C=O) groups is 2. The SMILES string of the molecule is COc1ccc(Cn2[nH]c(C(=O)N[C@H](Cc3ccccc3Cl)[C@@H](O)C(=O)O)cc2=O)c(F)c1F. The van der Waals surface area contributed by atoms with Gasteiger partial charge in [0.2, 0.25) is 5.82 Å². The molecule has 9 nitrogen and oxygen atoms in total. The van der Waals surface area contributed by atoms with Gasteiger partial charge in [-0.2, -0.15) is 4.39 Å². The lowest BCUT2D eigenvalue weighted by Gasteiger charge is -2.21. The number of aromatic amines is 1. The highest BCUT2D eigenvalue weighted by Gasteiger charge is 2.29. The van der Waals surface area contributed by atoms with Crippen molar-refractivity contribution in [2.24, 2.45) is 0 Å². The van der Waals surface area contributed by atoms with Crippen molar-refractivity contribution in [1.29, 1.82) is 0 Å². The average molecular weight is 496 g/mol. The van der Waals surface area contributed by atoms with Crippen LogP contribution in [0.5, 0.6) is 5.75 Å². The number of ether oxygens (including phenoxy) is 1. The molecule has 0 radical (unpaired) electrons. The van der Waals surface area contributed by atoms with Crippen LogP contribution in [-0.2, 0) is 17.8 Å². The van der Waals surface area contributed by atoms with Crippen LogP contribution in [0.3, 0.4) is 0 Å². The number of aliphatic carboxylic acids is 1. The second-order valence-electron chi connectivity index (χ2n) is 7.31. The highest BCUT2D eigenvalue weighted by Crippen LogP contribution is 2.23. The number of carboxylic acid groups (broad SMARTS) is 1. The third-order valence-electron chi connectivity index (χ3n) is 5.06. The second-order valence-corrected chi connectivity index (χ2v) is 7.71. The summed E-state index contributed by atoms with van der Waals surface area (Å²) in [5.74, 6) is -5.20. The lowest BCUT2D eigenvalue weighted by Crippen LogP contribution is -2.48. The van der Waals surface area contributed by atoms with Gasteiger partial charge in [0.05, 0.1) is 19.7 Å². The summed E-state index contributed by atoms with van der Waals surface area (Å²) in [6.07, 6.45) is -2.08.